The van der Waals surface area contributed by atoms with E-state index < -0.39 is 0 Å². The highest BCUT2D eigenvalue weighted by molar-refractivity contribution is 6.42. The number of hydrogen-bond acceptors (Lipinski definition) is 0. The third kappa shape index (κ3) is 3.54. The van der Waals surface area contributed by atoms with E-state index in [1.165, 1.54) is 0 Å². The Labute approximate surface area is 39.8 Å². The van der Waals surface area contributed by atoms with Crippen LogP contribution in [0.5, 0.6) is 0 Å². The van der Waals surface area contributed by atoms with Gasteiger partial charge < -0.3 is 0 Å². The van der Waals surface area contributed by atoms with Gasteiger partial charge in [-0.3, -0.25) is 0 Å². The van der Waals surface area contributed by atoms with Crippen LogP contribution in [0.2, 0.25) is 6.32 Å². The van der Waals surface area contributed by atoms with E-state index in [-0.39, 0.29) is 0 Å². The first kappa shape index (κ1) is 5.54. The van der Waals surface area contributed by atoms with E-state index >= 15 is 0 Å². The van der Waals surface area contributed by atoms with E-state index in [4.69, 9.17) is 0 Å². The molecule has 0 saturated carbocycles. The van der Waals surface area contributed by atoms with Gasteiger partial charge in [-0.1, -0.05) is 12.4 Å². The predicted molar refractivity (Wildman–Crippen MR) is 31.0 cm³/mol. The average Bonchev–Trinajstić information content (AvgIpc) is 1.61. The van der Waals surface area contributed by atoms with Crippen LogP contribution in [-0.2, 0) is 0 Å². The molecule has 6 heavy (non-hydrogen) atoms. The predicted octanol–water partition coefficient (Wildman–Crippen LogP) is 1.44. The van der Waals surface area contributed by atoms with Crippen molar-refractivity contribution < 1.29 is 0 Å². The van der Waals surface area contributed by atoms with Crippen LogP contribution < -0.4 is 0 Å². The van der Waals surface area contributed by atoms with Crippen LogP contribution in [0.3, 0.4) is 0 Å². The van der Waals surface area contributed by atoms with Crippen molar-refractivity contribution >= 4 is 7.28 Å². The molecular formula is C5H8B. The molecule has 0 amide bonds. The first-order chi connectivity index (χ1) is 2.91. The van der Waals surface area contributed by atoms with Crippen molar-refractivity contribution in [2.75, 3.05) is 0 Å². The van der Waals surface area contributed by atoms with E-state index in [0.717, 1.165) is 6.32 Å². The van der Waals surface area contributed by atoms with Crippen molar-refractivity contribution in [1.82, 2.24) is 0 Å². The molecule has 0 aliphatic rings. The summed E-state index contributed by atoms with van der Waals surface area (Å²) in [4.78, 5) is 0. The van der Waals surface area contributed by atoms with Gasteiger partial charge in [0.15, 0.2) is 0 Å². The zero-order valence-corrected chi connectivity index (χ0v) is 3.85. The molecule has 0 N–H and O–H groups in total. The molecule has 0 aromatic heterocycles. The van der Waals surface area contributed by atoms with Crippen molar-refractivity contribution in [2.45, 2.75) is 6.32 Å². The fourth-order valence-corrected chi connectivity index (χ4v) is 0.192. The highest BCUT2D eigenvalue weighted by Crippen LogP contribution is 1.75. The normalized spacial score (nSPS) is 6.67. The van der Waals surface area contributed by atoms with Gasteiger partial charge in [-0.05, 0) is 0 Å². The largest absolute Gasteiger partial charge is 0.144 e. The quantitative estimate of drug-likeness (QED) is 0.272. The van der Waals surface area contributed by atoms with Crippen LogP contribution in [0.15, 0.2) is 25.2 Å². The van der Waals surface area contributed by atoms with Gasteiger partial charge in [0.1, 0.15) is 7.28 Å². The van der Waals surface area contributed by atoms with Gasteiger partial charge >= 0.3 is 0 Å². The molecule has 1 radical (unpaired) electrons. The summed E-state index contributed by atoms with van der Waals surface area (Å²) in [5.41, 5.74) is 0. The van der Waals surface area contributed by atoms with E-state index in [1.54, 1.807) is 5.98 Å². The molecule has 0 fully saturated rings. The lowest BCUT2D eigenvalue weighted by Crippen LogP contribution is -1.74. The third-order valence-corrected chi connectivity index (χ3v) is 0.469. The second-order valence-corrected chi connectivity index (χ2v) is 0.996. The van der Waals surface area contributed by atoms with Crippen LogP contribution in [0.25, 0.3) is 0 Å². The second kappa shape index (κ2) is 4.54. The minimum absolute atomic E-state index is 0.934. The summed E-state index contributed by atoms with van der Waals surface area (Å²) < 4.78 is 0. The molecular weight excluding hydrogens is 70.9 g/mol. The number of allylic oxidation sites excluding steroid dienone is 1. The first-order valence-corrected chi connectivity index (χ1v) is 1.97. The van der Waals surface area contributed by atoms with Crippen LogP contribution in [0.4, 0.5) is 0 Å². The summed E-state index contributed by atoms with van der Waals surface area (Å²) in [6, 6.07) is 0. The molecule has 0 bridgehead atoms. The van der Waals surface area contributed by atoms with Gasteiger partial charge in [0.2, 0.25) is 0 Å². The minimum atomic E-state index is 0.934. The van der Waals surface area contributed by atoms with Crippen LogP contribution in [0, 0.1) is 0 Å². The third-order valence-electron chi connectivity index (χ3n) is 0.469. The Morgan fingerprint density at radius 3 is 2.33 bits per heavy atom. The minimum Gasteiger partial charge on any atom is -0.129 e. The molecule has 1 heteroatoms. The van der Waals surface area contributed by atoms with E-state index in [2.05, 4.69) is 13.2 Å². The molecule has 0 aromatic rings. The van der Waals surface area contributed by atoms with E-state index in [0.29, 0.717) is 0 Å². The fraction of sp³-hybridized carbons (Fsp3) is 0.200. The van der Waals surface area contributed by atoms with E-state index in [1.807, 2.05) is 13.4 Å². The number of hydrogen-bond donors (Lipinski definition) is 0. The molecule has 0 nitrogen and oxygen atoms in total. The summed E-state index contributed by atoms with van der Waals surface area (Å²) in [5, 5.41) is 0. The van der Waals surface area contributed by atoms with Gasteiger partial charge in [-0.15, -0.1) is 19.1 Å². The van der Waals surface area contributed by atoms with E-state index in [9.17, 15) is 0 Å². The average molecular weight is 78.9 g/mol. The Kier molecular flexibility index (Phi) is 4.20. The Bertz CT molecular complexity index is 39.9. The molecule has 0 spiro atoms. The van der Waals surface area contributed by atoms with Crippen LogP contribution in [-0.4, -0.2) is 7.28 Å². The maximum Gasteiger partial charge on any atom is 0.144 e. The first-order valence-electron chi connectivity index (χ1n) is 1.97. The van der Waals surface area contributed by atoms with Crippen LogP contribution >= 0.6 is 0 Å². The van der Waals surface area contributed by atoms with Crippen molar-refractivity contribution in [3.05, 3.63) is 25.2 Å². The molecule has 0 unspecified atom stereocenters. The standard InChI is InChI=1S/C5H8B/c1-3-5-6-4-2/h3-4H,1-2,5H2. The Morgan fingerprint density at radius 1 is 1.50 bits per heavy atom. The van der Waals surface area contributed by atoms with Crippen molar-refractivity contribution in [3.8, 4) is 0 Å². The molecule has 0 aliphatic carbocycles. The van der Waals surface area contributed by atoms with Gasteiger partial charge in [0, 0.05) is 0 Å². The summed E-state index contributed by atoms with van der Waals surface area (Å²) in [6.07, 6.45) is 2.77. The molecule has 0 rings (SSSR count). The molecule has 0 atom stereocenters. The summed E-state index contributed by atoms with van der Waals surface area (Å²) >= 11 is 0. The maximum absolute atomic E-state index is 3.52. The SMILES string of the molecule is C=C[B]CC=C. The summed E-state index contributed by atoms with van der Waals surface area (Å²) in [5.74, 6) is 1.77. The maximum atomic E-state index is 3.52. The Morgan fingerprint density at radius 2 is 2.17 bits per heavy atom. The topological polar surface area (TPSA) is 0 Å². The molecule has 0 heterocycles. The van der Waals surface area contributed by atoms with Gasteiger partial charge in [-0.2, -0.15) is 0 Å². The Balaban J connectivity index is 2.66. The lowest BCUT2D eigenvalue weighted by molar-refractivity contribution is 1.73. The fourth-order valence-electron chi connectivity index (χ4n) is 0.192. The molecule has 0 saturated heterocycles. The molecule has 0 aliphatic heterocycles. The Hall–Kier alpha value is -0.455. The zero-order chi connectivity index (χ0) is 4.83. The number of rotatable bonds is 3. The summed E-state index contributed by atoms with van der Waals surface area (Å²) in [7, 11) is 1.95. The van der Waals surface area contributed by atoms with Crippen molar-refractivity contribution in [3.63, 3.8) is 0 Å². The van der Waals surface area contributed by atoms with Gasteiger partial charge in [-0.25, -0.2) is 0 Å². The van der Waals surface area contributed by atoms with Crippen LogP contribution in [0.1, 0.15) is 0 Å². The zero-order valence-electron chi connectivity index (χ0n) is 3.85. The highest BCUT2D eigenvalue weighted by atomic mass is 13.5. The van der Waals surface area contributed by atoms with Gasteiger partial charge in [0.05, 0.1) is 0 Å². The smallest absolute Gasteiger partial charge is 0.129 e. The van der Waals surface area contributed by atoms with Gasteiger partial charge in [0.25, 0.3) is 0 Å². The molecule has 31 valence electrons. The lowest BCUT2D eigenvalue weighted by atomic mass is 9.75. The molecule has 0 aromatic carbocycles. The monoisotopic (exact) mass is 79.1 g/mol. The van der Waals surface area contributed by atoms with Crippen molar-refractivity contribution in [2.24, 2.45) is 0 Å². The summed E-state index contributed by atoms with van der Waals surface area (Å²) in [6.45, 7) is 7.01. The van der Waals surface area contributed by atoms with Crippen molar-refractivity contribution in [1.29, 1.82) is 0 Å². The highest BCUT2D eigenvalue weighted by Gasteiger charge is 1.70. The second-order valence-electron chi connectivity index (χ2n) is 0.996. The lowest BCUT2D eigenvalue weighted by Gasteiger charge is -1.73.